The molecule has 1 aliphatic carbocycles. The van der Waals surface area contributed by atoms with Crippen molar-refractivity contribution in [3.8, 4) is 0 Å². The van der Waals surface area contributed by atoms with Gasteiger partial charge in [-0.1, -0.05) is 13.8 Å². The minimum atomic E-state index is -0.954. The summed E-state index contributed by atoms with van der Waals surface area (Å²) in [7, 11) is 1.76. The molecule has 23 heavy (non-hydrogen) atoms. The number of amides is 1. The first-order valence-corrected chi connectivity index (χ1v) is 8.17. The Kier molecular flexibility index (Phi) is 3.98. The van der Waals surface area contributed by atoms with E-state index in [0.29, 0.717) is 17.4 Å². The van der Waals surface area contributed by atoms with Crippen molar-refractivity contribution < 1.29 is 13.6 Å². The fraction of sp³-hybridized carbons (Fsp3) is 0.556. The Labute approximate surface area is 135 Å². The summed E-state index contributed by atoms with van der Waals surface area (Å²) >= 11 is 0. The van der Waals surface area contributed by atoms with Crippen molar-refractivity contribution in [3.05, 3.63) is 35.4 Å². The Balaban J connectivity index is 1.90. The molecule has 0 radical (unpaired) electrons. The number of rotatable bonds is 2. The van der Waals surface area contributed by atoms with Gasteiger partial charge in [0, 0.05) is 12.6 Å². The largest absolute Gasteiger partial charge is 0.316 e. The second-order valence-electron chi connectivity index (χ2n) is 7.02. The van der Waals surface area contributed by atoms with Crippen LogP contribution in [-0.4, -0.2) is 29.2 Å². The van der Waals surface area contributed by atoms with Crippen molar-refractivity contribution in [1.82, 2.24) is 4.90 Å². The van der Waals surface area contributed by atoms with Gasteiger partial charge < -0.3 is 4.90 Å². The molecule has 1 heterocycles. The molecule has 1 aromatic carbocycles. The lowest BCUT2D eigenvalue weighted by Gasteiger charge is -2.40. The van der Waals surface area contributed by atoms with Gasteiger partial charge in [-0.05, 0) is 55.7 Å². The van der Waals surface area contributed by atoms with E-state index in [1.807, 2.05) is 0 Å². The Bertz CT molecular complexity index is 661. The zero-order valence-corrected chi connectivity index (χ0v) is 13.8. The second-order valence-corrected chi connectivity index (χ2v) is 7.02. The molecule has 1 fully saturated rings. The van der Waals surface area contributed by atoms with Crippen LogP contribution in [0.3, 0.4) is 0 Å². The maximum Gasteiger partial charge on any atom is 0.274 e. The normalized spacial score (nSPS) is 27.9. The van der Waals surface area contributed by atoms with Crippen LogP contribution in [0.25, 0.3) is 0 Å². The summed E-state index contributed by atoms with van der Waals surface area (Å²) in [5, 5.41) is 0. The number of likely N-dealkylation sites (N-methyl/N-ethyl adjacent to an activating group) is 1. The summed E-state index contributed by atoms with van der Waals surface area (Å²) in [6.07, 6.45) is 3.71. The Hall–Kier alpha value is -1.78. The lowest BCUT2D eigenvalue weighted by atomic mass is 9.76. The first-order valence-electron chi connectivity index (χ1n) is 8.17. The SMILES string of the molecule is CC(C)C1CCC2(CC1)N=C(c1ccc(F)c(F)c1)C(=O)N2C. The van der Waals surface area contributed by atoms with E-state index >= 15 is 0 Å². The van der Waals surface area contributed by atoms with Gasteiger partial charge in [0.25, 0.3) is 5.91 Å². The molecule has 0 bridgehead atoms. The number of aliphatic imine (C=N–C) groups is 1. The van der Waals surface area contributed by atoms with Gasteiger partial charge in [0.05, 0.1) is 0 Å². The molecule has 0 saturated heterocycles. The molecule has 2 aliphatic rings. The molecule has 0 unspecified atom stereocenters. The van der Waals surface area contributed by atoms with Crippen molar-refractivity contribution >= 4 is 11.6 Å². The van der Waals surface area contributed by atoms with Crippen molar-refractivity contribution in [2.24, 2.45) is 16.8 Å². The minimum Gasteiger partial charge on any atom is -0.316 e. The Morgan fingerprint density at radius 3 is 2.43 bits per heavy atom. The van der Waals surface area contributed by atoms with E-state index in [1.165, 1.54) is 6.07 Å². The van der Waals surface area contributed by atoms with Crippen LogP contribution in [0.4, 0.5) is 8.78 Å². The molecule has 1 amide bonds. The van der Waals surface area contributed by atoms with Crippen LogP contribution in [-0.2, 0) is 4.79 Å². The average molecular weight is 320 g/mol. The van der Waals surface area contributed by atoms with Gasteiger partial charge in [-0.25, -0.2) is 8.78 Å². The fourth-order valence-corrected chi connectivity index (χ4v) is 3.73. The number of benzene rings is 1. The van der Waals surface area contributed by atoms with Crippen LogP contribution in [0.2, 0.25) is 0 Å². The minimum absolute atomic E-state index is 0.209. The van der Waals surface area contributed by atoms with Gasteiger partial charge in [0.15, 0.2) is 11.6 Å². The predicted molar refractivity (Wildman–Crippen MR) is 85.2 cm³/mol. The lowest BCUT2D eigenvalue weighted by molar-refractivity contribution is -0.127. The molecule has 1 aliphatic heterocycles. The molecule has 124 valence electrons. The van der Waals surface area contributed by atoms with E-state index in [1.54, 1.807) is 11.9 Å². The third-order valence-corrected chi connectivity index (χ3v) is 5.42. The highest BCUT2D eigenvalue weighted by Gasteiger charge is 2.47. The third-order valence-electron chi connectivity index (χ3n) is 5.42. The highest BCUT2D eigenvalue weighted by molar-refractivity contribution is 6.46. The van der Waals surface area contributed by atoms with Crippen molar-refractivity contribution in [1.29, 1.82) is 0 Å². The monoisotopic (exact) mass is 320 g/mol. The number of halogens is 2. The van der Waals surface area contributed by atoms with E-state index in [4.69, 9.17) is 0 Å². The highest BCUT2D eigenvalue weighted by atomic mass is 19.2. The van der Waals surface area contributed by atoms with Crippen LogP contribution in [0.15, 0.2) is 23.2 Å². The molecule has 1 aromatic rings. The number of carbonyl (C=O) groups is 1. The van der Waals surface area contributed by atoms with E-state index in [-0.39, 0.29) is 11.6 Å². The fourth-order valence-electron chi connectivity index (χ4n) is 3.73. The van der Waals surface area contributed by atoms with Crippen molar-refractivity contribution in [2.75, 3.05) is 7.05 Å². The van der Waals surface area contributed by atoms with Crippen LogP contribution in [0, 0.1) is 23.5 Å². The number of hydrogen-bond acceptors (Lipinski definition) is 2. The molecule has 0 atom stereocenters. The molecular weight excluding hydrogens is 298 g/mol. The quantitative estimate of drug-likeness (QED) is 0.816. The van der Waals surface area contributed by atoms with Gasteiger partial charge >= 0.3 is 0 Å². The number of hydrogen-bond donors (Lipinski definition) is 0. The van der Waals surface area contributed by atoms with E-state index in [2.05, 4.69) is 18.8 Å². The van der Waals surface area contributed by atoms with Crippen LogP contribution < -0.4 is 0 Å². The van der Waals surface area contributed by atoms with Gasteiger partial charge in [-0.3, -0.25) is 9.79 Å². The Morgan fingerprint density at radius 1 is 1.22 bits per heavy atom. The molecule has 1 saturated carbocycles. The molecule has 0 N–H and O–H groups in total. The molecular formula is C18H22F2N2O. The maximum absolute atomic E-state index is 13.5. The topological polar surface area (TPSA) is 32.7 Å². The zero-order chi connectivity index (χ0) is 16.8. The molecule has 0 aromatic heterocycles. The molecule has 3 rings (SSSR count). The van der Waals surface area contributed by atoms with Gasteiger partial charge in [0.2, 0.25) is 0 Å². The number of carbonyl (C=O) groups excluding carboxylic acids is 1. The van der Waals surface area contributed by atoms with E-state index in [9.17, 15) is 13.6 Å². The standard InChI is InChI=1S/C18H22F2N2O/c1-11(2)12-6-8-18(9-7-12)21-16(17(23)22(18)3)13-4-5-14(19)15(20)10-13/h4-5,10-12H,6-9H2,1-3H3. The maximum atomic E-state index is 13.5. The van der Waals surface area contributed by atoms with Crippen LogP contribution in [0.1, 0.15) is 45.1 Å². The van der Waals surface area contributed by atoms with E-state index < -0.39 is 17.3 Å². The summed E-state index contributed by atoms with van der Waals surface area (Å²) in [5.74, 6) is -0.791. The van der Waals surface area contributed by atoms with Gasteiger partial charge in [0.1, 0.15) is 11.4 Å². The second kappa shape index (κ2) is 5.69. The summed E-state index contributed by atoms with van der Waals surface area (Å²) in [5.41, 5.74) is 0.0841. The first-order chi connectivity index (χ1) is 10.8. The van der Waals surface area contributed by atoms with Gasteiger partial charge in [-0.2, -0.15) is 0 Å². The third kappa shape index (κ3) is 2.66. The zero-order valence-electron chi connectivity index (χ0n) is 13.8. The summed E-state index contributed by atoms with van der Waals surface area (Å²) in [4.78, 5) is 18.9. The first kappa shape index (κ1) is 16.1. The van der Waals surface area contributed by atoms with Gasteiger partial charge in [-0.15, -0.1) is 0 Å². The number of nitrogens with zero attached hydrogens (tertiary/aromatic N) is 2. The molecule has 5 heteroatoms. The van der Waals surface area contributed by atoms with Crippen molar-refractivity contribution in [2.45, 2.75) is 45.2 Å². The van der Waals surface area contributed by atoms with Crippen LogP contribution >= 0.6 is 0 Å². The summed E-state index contributed by atoms with van der Waals surface area (Å²) < 4.78 is 26.6. The smallest absolute Gasteiger partial charge is 0.274 e. The van der Waals surface area contributed by atoms with Crippen LogP contribution in [0.5, 0.6) is 0 Å². The van der Waals surface area contributed by atoms with E-state index in [0.717, 1.165) is 37.8 Å². The molecule has 3 nitrogen and oxygen atoms in total. The Morgan fingerprint density at radius 2 is 1.87 bits per heavy atom. The highest BCUT2D eigenvalue weighted by Crippen LogP contribution is 2.42. The lowest BCUT2D eigenvalue weighted by Crippen LogP contribution is -2.47. The van der Waals surface area contributed by atoms with Crippen molar-refractivity contribution in [3.63, 3.8) is 0 Å². The average Bonchev–Trinajstić information content (AvgIpc) is 2.76. The summed E-state index contributed by atoms with van der Waals surface area (Å²) in [6.45, 7) is 4.45. The molecule has 1 spiro atoms. The summed E-state index contributed by atoms with van der Waals surface area (Å²) in [6, 6.07) is 3.52. The predicted octanol–water partition coefficient (Wildman–Crippen LogP) is 3.77.